The van der Waals surface area contributed by atoms with Crippen LogP contribution in [0, 0.1) is 0 Å². The van der Waals surface area contributed by atoms with E-state index in [1.54, 1.807) is 30.4 Å². The predicted molar refractivity (Wildman–Crippen MR) is 122 cm³/mol. The summed E-state index contributed by atoms with van der Waals surface area (Å²) in [4.78, 5) is 22.1. The number of benzene rings is 2. The quantitative estimate of drug-likeness (QED) is 0.472. The molecular formula is C23H23ClN5O2+. The van der Waals surface area contributed by atoms with E-state index in [2.05, 4.69) is 21.1 Å². The van der Waals surface area contributed by atoms with E-state index in [0.29, 0.717) is 16.1 Å². The molecule has 0 saturated carbocycles. The van der Waals surface area contributed by atoms with Crippen molar-refractivity contribution < 1.29 is 9.64 Å². The molecule has 0 aliphatic carbocycles. The standard InChI is InChI=1S/C23H22ClN5O2/c1-31-20-7-4-15(10-16(20)13-28-8-2-3-9-28)12-26-29-14-25-21-18-11-17(24)5-6-19(18)27-22(21)23(29)30/h4-7,10-12,14,27H,2-3,8-9,13H2,1H3/p+1/b26-12-. The summed E-state index contributed by atoms with van der Waals surface area (Å²) in [5.41, 5.74) is 3.61. The second-order valence-corrected chi connectivity index (χ2v) is 8.32. The van der Waals surface area contributed by atoms with Crippen LogP contribution in [0.1, 0.15) is 24.0 Å². The summed E-state index contributed by atoms with van der Waals surface area (Å²) in [7, 11) is 1.69. The summed E-state index contributed by atoms with van der Waals surface area (Å²) < 4.78 is 6.79. The van der Waals surface area contributed by atoms with Gasteiger partial charge in [-0.15, -0.1) is 0 Å². The van der Waals surface area contributed by atoms with Crippen molar-refractivity contribution in [1.82, 2.24) is 14.6 Å². The van der Waals surface area contributed by atoms with Gasteiger partial charge in [0.1, 0.15) is 29.7 Å². The predicted octanol–water partition coefficient (Wildman–Crippen LogP) is 2.60. The lowest BCUT2D eigenvalue weighted by Gasteiger charge is -2.15. The monoisotopic (exact) mass is 436 g/mol. The minimum absolute atomic E-state index is 0.260. The van der Waals surface area contributed by atoms with E-state index in [0.717, 1.165) is 34.3 Å². The van der Waals surface area contributed by atoms with Gasteiger partial charge in [0.15, 0.2) is 0 Å². The molecule has 1 aliphatic rings. The Balaban J connectivity index is 1.47. The summed E-state index contributed by atoms with van der Waals surface area (Å²) in [6.45, 7) is 3.31. The van der Waals surface area contributed by atoms with Crippen LogP contribution in [0.3, 0.4) is 0 Å². The maximum atomic E-state index is 12.9. The largest absolute Gasteiger partial charge is 0.496 e. The zero-order valence-electron chi connectivity index (χ0n) is 17.2. The molecule has 1 saturated heterocycles. The van der Waals surface area contributed by atoms with Gasteiger partial charge in [-0.25, -0.2) is 4.98 Å². The van der Waals surface area contributed by atoms with Crippen LogP contribution in [-0.2, 0) is 6.54 Å². The van der Waals surface area contributed by atoms with Crippen LogP contribution in [0.15, 0.2) is 52.6 Å². The Kier molecular flexibility index (Phi) is 5.21. The molecule has 0 amide bonds. The second kappa shape index (κ2) is 8.17. The molecule has 3 heterocycles. The van der Waals surface area contributed by atoms with Crippen molar-refractivity contribution in [3.8, 4) is 5.75 Å². The first-order valence-electron chi connectivity index (χ1n) is 10.4. The highest BCUT2D eigenvalue weighted by molar-refractivity contribution is 6.31. The van der Waals surface area contributed by atoms with Crippen molar-refractivity contribution in [2.24, 2.45) is 5.10 Å². The molecule has 4 aromatic rings. The van der Waals surface area contributed by atoms with Crippen molar-refractivity contribution in [2.75, 3.05) is 20.2 Å². The lowest BCUT2D eigenvalue weighted by Crippen LogP contribution is -3.08. The molecule has 2 aromatic heterocycles. The van der Waals surface area contributed by atoms with Crippen molar-refractivity contribution in [3.63, 3.8) is 0 Å². The number of rotatable bonds is 5. The van der Waals surface area contributed by atoms with E-state index in [9.17, 15) is 4.79 Å². The molecule has 0 bridgehead atoms. The van der Waals surface area contributed by atoms with E-state index in [-0.39, 0.29) is 5.56 Å². The van der Waals surface area contributed by atoms with Crippen LogP contribution < -0.4 is 15.2 Å². The third kappa shape index (κ3) is 3.82. The number of hydrogen-bond donors (Lipinski definition) is 2. The topological polar surface area (TPSA) is 76.7 Å². The van der Waals surface area contributed by atoms with Crippen molar-refractivity contribution in [1.29, 1.82) is 0 Å². The molecule has 1 aliphatic heterocycles. The number of hydrogen-bond acceptors (Lipinski definition) is 4. The highest BCUT2D eigenvalue weighted by Crippen LogP contribution is 2.24. The van der Waals surface area contributed by atoms with Crippen LogP contribution >= 0.6 is 11.6 Å². The average Bonchev–Trinajstić information content (AvgIpc) is 3.41. The zero-order valence-corrected chi connectivity index (χ0v) is 17.9. The van der Waals surface area contributed by atoms with Gasteiger partial charge in [-0.3, -0.25) is 4.79 Å². The Hall–Kier alpha value is -3.16. The minimum atomic E-state index is -0.260. The number of ether oxygens (including phenoxy) is 1. The van der Waals surface area contributed by atoms with Crippen LogP contribution in [-0.4, -0.2) is 41.1 Å². The lowest BCUT2D eigenvalue weighted by atomic mass is 10.1. The van der Waals surface area contributed by atoms with Gasteiger partial charge in [0, 0.05) is 34.3 Å². The lowest BCUT2D eigenvalue weighted by molar-refractivity contribution is -0.901. The highest BCUT2D eigenvalue weighted by atomic mass is 35.5. The van der Waals surface area contributed by atoms with E-state index in [1.165, 1.54) is 36.9 Å². The number of halogens is 1. The Morgan fingerprint density at radius 1 is 1.26 bits per heavy atom. The summed E-state index contributed by atoms with van der Waals surface area (Å²) >= 11 is 6.09. The summed E-state index contributed by atoms with van der Waals surface area (Å²) in [6.07, 6.45) is 5.67. The first kappa shape index (κ1) is 19.8. The van der Waals surface area contributed by atoms with Crippen LogP contribution in [0.25, 0.3) is 21.9 Å². The average molecular weight is 437 g/mol. The number of nitrogens with zero attached hydrogens (tertiary/aromatic N) is 3. The molecule has 2 aromatic carbocycles. The van der Waals surface area contributed by atoms with Gasteiger partial charge in [0.2, 0.25) is 0 Å². The van der Waals surface area contributed by atoms with E-state index < -0.39 is 0 Å². The fourth-order valence-corrected chi connectivity index (χ4v) is 4.44. The molecular weight excluding hydrogens is 414 g/mol. The molecule has 8 heteroatoms. The summed E-state index contributed by atoms with van der Waals surface area (Å²) in [5, 5.41) is 5.79. The third-order valence-electron chi connectivity index (χ3n) is 5.84. The Morgan fingerprint density at radius 2 is 2.10 bits per heavy atom. The van der Waals surface area contributed by atoms with Gasteiger partial charge >= 0.3 is 0 Å². The van der Waals surface area contributed by atoms with Gasteiger partial charge in [0.05, 0.1) is 26.4 Å². The Labute approximate surface area is 183 Å². The Morgan fingerprint density at radius 3 is 2.90 bits per heavy atom. The molecule has 0 unspecified atom stereocenters. The number of likely N-dealkylation sites (tertiary alicyclic amines) is 1. The number of H-pyrrole nitrogens is 1. The molecule has 2 N–H and O–H groups in total. The normalized spacial score (nSPS) is 14.9. The van der Waals surface area contributed by atoms with Crippen LogP contribution in [0.5, 0.6) is 5.75 Å². The van der Waals surface area contributed by atoms with Crippen LogP contribution in [0.4, 0.5) is 0 Å². The number of aromatic nitrogens is 3. The summed E-state index contributed by atoms with van der Waals surface area (Å²) in [5.74, 6) is 0.883. The molecule has 158 valence electrons. The third-order valence-corrected chi connectivity index (χ3v) is 6.07. The number of methoxy groups -OCH3 is 1. The maximum absolute atomic E-state index is 12.9. The van der Waals surface area contributed by atoms with Gasteiger partial charge in [0.25, 0.3) is 5.56 Å². The van der Waals surface area contributed by atoms with E-state index in [1.807, 2.05) is 18.2 Å². The fourth-order valence-electron chi connectivity index (χ4n) is 4.27. The molecule has 0 spiro atoms. The Bertz CT molecular complexity index is 1350. The highest BCUT2D eigenvalue weighted by Gasteiger charge is 2.18. The van der Waals surface area contributed by atoms with Crippen LogP contribution in [0.2, 0.25) is 5.02 Å². The second-order valence-electron chi connectivity index (χ2n) is 7.88. The molecule has 1 fully saturated rings. The smallest absolute Gasteiger partial charge is 0.298 e. The minimum Gasteiger partial charge on any atom is -0.496 e. The van der Waals surface area contributed by atoms with Crippen molar-refractivity contribution in [3.05, 3.63) is 69.2 Å². The molecule has 7 nitrogen and oxygen atoms in total. The molecule has 0 atom stereocenters. The summed E-state index contributed by atoms with van der Waals surface area (Å²) in [6, 6.07) is 11.4. The van der Waals surface area contributed by atoms with Gasteiger partial charge in [-0.05, 0) is 42.0 Å². The maximum Gasteiger partial charge on any atom is 0.298 e. The number of quaternary nitrogens is 1. The zero-order chi connectivity index (χ0) is 21.4. The molecule has 0 radical (unpaired) electrons. The first-order chi connectivity index (χ1) is 15.1. The van der Waals surface area contributed by atoms with E-state index >= 15 is 0 Å². The molecule has 5 rings (SSSR count). The van der Waals surface area contributed by atoms with Gasteiger partial charge in [-0.2, -0.15) is 9.78 Å². The number of aromatic amines is 1. The number of fused-ring (bicyclic) bond motifs is 3. The fraction of sp³-hybridized carbons (Fsp3) is 0.261. The van der Waals surface area contributed by atoms with Crippen molar-refractivity contribution >= 4 is 39.8 Å². The SMILES string of the molecule is COc1ccc(/C=N\n2cnc3c([nH]c4ccc(Cl)cc43)c2=O)cc1C[NH+]1CCCC1. The van der Waals surface area contributed by atoms with Gasteiger partial charge < -0.3 is 14.6 Å². The van der Waals surface area contributed by atoms with Crippen molar-refractivity contribution in [2.45, 2.75) is 19.4 Å². The molecule has 31 heavy (non-hydrogen) atoms. The first-order valence-corrected chi connectivity index (χ1v) is 10.7. The van der Waals surface area contributed by atoms with Gasteiger partial charge in [-0.1, -0.05) is 11.6 Å². The number of nitrogens with one attached hydrogen (secondary N) is 2. The van der Waals surface area contributed by atoms with E-state index in [4.69, 9.17) is 16.3 Å².